The number of imidazole rings is 1. The first-order valence-electron chi connectivity index (χ1n) is 6.38. The standard InChI is InChI=1S/C12H18N4O/c17-12(16-8-3-1-2-4-8)10-5-9-11(6-13-10)15-7-14-9/h7-8,10,13H,1-6H2,(H,14,15)(H,16,17). The van der Waals surface area contributed by atoms with E-state index in [2.05, 4.69) is 20.6 Å². The zero-order valence-electron chi connectivity index (χ0n) is 9.83. The number of amides is 1. The molecule has 0 bridgehead atoms. The summed E-state index contributed by atoms with van der Waals surface area (Å²) < 4.78 is 0. The van der Waals surface area contributed by atoms with Gasteiger partial charge in [0.2, 0.25) is 5.91 Å². The van der Waals surface area contributed by atoms with Crippen molar-refractivity contribution in [2.24, 2.45) is 0 Å². The van der Waals surface area contributed by atoms with Crippen molar-refractivity contribution in [3.63, 3.8) is 0 Å². The van der Waals surface area contributed by atoms with Gasteiger partial charge in [-0.05, 0) is 12.8 Å². The van der Waals surface area contributed by atoms with E-state index in [1.165, 1.54) is 12.8 Å². The Hall–Kier alpha value is -1.36. The molecule has 1 atom stereocenters. The second-order valence-electron chi connectivity index (χ2n) is 4.96. The van der Waals surface area contributed by atoms with Crippen LogP contribution in [0.4, 0.5) is 0 Å². The number of aromatic nitrogens is 2. The SMILES string of the molecule is O=C(NC1CCCC1)C1Cc2nc[nH]c2CN1. The number of carbonyl (C=O) groups is 1. The van der Waals surface area contributed by atoms with E-state index < -0.39 is 0 Å². The predicted octanol–water partition coefficient (Wildman–Crippen LogP) is 0.483. The lowest BCUT2D eigenvalue weighted by Gasteiger charge is -2.24. The van der Waals surface area contributed by atoms with Crippen molar-refractivity contribution in [3.05, 3.63) is 17.7 Å². The van der Waals surface area contributed by atoms with Crippen LogP contribution >= 0.6 is 0 Å². The minimum atomic E-state index is -0.119. The quantitative estimate of drug-likeness (QED) is 0.697. The summed E-state index contributed by atoms with van der Waals surface area (Å²) in [5, 5.41) is 6.38. The number of carbonyl (C=O) groups excluding carboxylic acids is 1. The van der Waals surface area contributed by atoms with Gasteiger partial charge in [-0.1, -0.05) is 12.8 Å². The minimum absolute atomic E-state index is 0.119. The molecule has 0 saturated heterocycles. The second kappa shape index (κ2) is 4.49. The fraction of sp³-hybridized carbons (Fsp3) is 0.667. The number of nitrogens with zero attached hydrogens (tertiary/aromatic N) is 1. The van der Waals surface area contributed by atoms with Crippen molar-refractivity contribution in [1.82, 2.24) is 20.6 Å². The summed E-state index contributed by atoms with van der Waals surface area (Å²) in [6, 6.07) is 0.274. The third-order valence-electron chi connectivity index (χ3n) is 3.75. The maximum atomic E-state index is 12.1. The van der Waals surface area contributed by atoms with Gasteiger partial charge in [0.25, 0.3) is 0 Å². The molecule has 0 aromatic carbocycles. The molecule has 3 N–H and O–H groups in total. The van der Waals surface area contributed by atoms with E-state index in [0.717, 1.165) is 24.2 Å². The molecule has 0 radical (unpaired) electrons. The van der Waals surface area contributed by atoms with E-state index in [1.807, 2.05) is 0 Å². The van der Waals surface area contributed by atoms with Gasteiger partial charge in [-0.2, -0.15) is 0 Å². The molecule has 3 rings (SSSR count). The fourth-order valence-corrected chi connectivity index (χ4v) is 2.73. The van der Waals surface area contributed by atoms with Gasteiger partial charge < -0.3 is 10.3 Å². The molecule has 1 fully saturated rings. The molecular formula is C12H18N4O. The van der Waals surface area contributed by atoms with E-state index in [-0.39, 0.29) is 11.9 Å². The van der Waals surface area contributed by atoms with Gasteiger partial charge in [0.15, 0.2) is 0 Å². The lowest BCUT2D eigenvalue weighted by molar-refractivity contribution is -0.124. The highest BCUT2D eigenvalue weighted by Crippen LogP contribution is 2.18. The first-order valence-corrected chi connectivity index (χ1v) is 6.38. The molecule has 2 heterocycles. The molecule has 1 unspecified atom stereocenters. The zero-order valence-corrected chi connectivity index (χ0v) is 9.83. The van der Waals surface area contributed by atoms with Crippen LogP contribution in [0.1, 0.15) is 37.1 Å². The van der Waals surface area contributed by atoms with E-state index in [4.69, 9.17) is 0 Å². The first kappa shape index (κ1) is 10.8. The average Bonchev–Trinajstić information content (AvgIpc) is 2.97. The summed E-state index contributed by atoms with van der Waals surface area (Å²) in [6.45, 7) is 0.706. The van der Waals surface area contributed by atoms with Crippen LogP contribution in [-0.4, -0.2) is 28.0 Å². The number of rotatable bonds is 2. The molecule has 1 aromatic rings. The van der Waals surface area contributed by atoms with Crippen LogP contribution in [0.2, 0.25) is 0 Å². The maximum Gasteiger partial charge on any atom is 0.237 e. The van der Waals surface area contributed by atoms with Gasteiger partial charge in [0.1, 0.15) is 0 Å². The van der Waals surface area contributed by atoms with Gasteiger partial charge >= 0.3 is 0 Å². The highest BCUT2D eigenvalue weighted by molar-refractivity contribution is 5.82. The maximum absolute atomic E-state index is 12.1. The molecule has 0 spiro atoms. The summed E-state index contributed by atoms with van der Waals surface area (Å²) in [5.74, 6) is 0.130. The summed E-state index contributed by atoms with van der Waals surface area (Å²) >= 11 is 0. The van der Waals surface area contributed by atoms with Crippen molar-refractivity contribution < 1.29 is 4.79 Å². The summed E-state index contributed by atoms with van der Waals surface area (Å²) in [6.07, 6.45) is 7.14. The Morgan fingerprint density at radius 2 is 2.24 bits per heavy atom. The van der Waals surface area contributed by atoms with Gasteiger partial charge in [-0.15, -0.1) is 0 Å². The topological polar surface area (TPSA) is 69.8 Å². The number of hydrogen-bond donors (Lipinski definition) is 3. The third-order valence-corrected chi connectivity index (χ3v) is 3.75. The molecule has 1 aromatic heterocycles. The van der Waals surface area contributed by atoms with Crippen molar-refractivity contribution in [2.75, 3.05) is 0 Å². The van der Waals surface area contributed by atoms with Gasteiger partial charge in [-0.3, -0.25) is 10.1 Å². The Morgan fingerprint density at radius 1 is 1.41 bits per heavy atom. The number of aromatic amines is 1. The van der Waals surface area contributed by atoms with Crippen LogP contribution < -0.4 is 10.6 Å². The average molecular weight is 234 g/mol. The molecular weight excluding hydrogens is 216 g/mol. The molecule has 5 nitrogen and oxygen atoms in total. The zero-order chi connectivity index (χ0) is 11.7. The van der Waals surface area contributed by atoms with E-state index >= 15 is 0 Å². The van der Waals surface area contributed by atoms with Crippen LogP contribution in [0.15, 0.2) is 6.33 Å². The minimum Gasteiger partial charge on any atom is -0.352 e. The largest absolute Gasteiger partial charge is 0.352 e. The van der Waals surface area contributed by atoms with Crippen LogP contribution in [0.25, 0.3) is 0 Å². The highest BCUT2D eigenvalue weighted by atomic mass is 16.2. The molecule has 17 heavy (non-hydrogen) atoms. The summed E-state index contributed by atoms with van der Waals surface area (Å²) in [7, 11) is 0. The first-order chi connectivity index (χ1) is 8.33. The number of hydrogen-bond acceptors (Lipinski definition) is 3. The van der Waals surface area contributed by atoms with Crippen LogP contribution in [0.5, 0.6) is 0 Å². The monoisotopic (exact) mass is 234 g/mol. The second-order valence-corrected chi connectivity index (χ2v) is 4.96. The molecule has 1 aliphatic heterocycles. The number of H-pyrrole nitrogens is 1. The van der Waals surface area contributed by atoms with Crippen LogP contribution in [-0.2, 0) is 17.8 Å². The van der Waals surface area contributed by atoms with Crippen LogP contribution in [0.3, 0.4) is 0 Å². The van der Waals surface area contributed by atoms with Gasteiger partial charge in [0, 0.05) is 19.0 Å². The van der Waals surface area contributed by atoms with Gasteiger partial charge in [0.05, 0.1) is 23.8 Å². The van der Waals surface area contributed by atoms with Crippen LogP contribution in [0, 0.1) is 0 Å². The van der Waals surface area contributed by atoms with E-state index in [0.29, 0.717) is 19.0 Å². The molecule has 1 amide bonds. The number of fused-ring (bicyclic) bond motifs is 1. The Balaban J connectivity index is 1.60. The Kier molecular flexibility index (Phi) is 2.84. The Labute approximate surface area is 100 Å². The van der Waals surface area contributed by atoms with E-state index in [9.17, 15) is 4.79 Å². The molecule has 2 aliphatic rings. The lowest BCUT2D eigenvalue weighted by atomic mass is 10.0. The predicted molar refractivity (Wildman–Crippen MR) is 63.3 cm³/mol. The molecule has 1 saturated carbocycles. The van der Waals surface area contributed by atoms with Crippen molar-refractivity contribution in [1.29, 1.82) is 0 Å². The molecule has 92 valence electrons. The van der Waals surface area contributed by atoms with E-state index in [1.54, 1.807) is 6.33 Å². The molecule has 1 aliphatic carbocycles. The third kappa shape index (κ3) is 2.20. The fourth-order valence-electron chi connectivity index (χ4n) is 2.73. The number of nitrogens with one attached hydrogen (secondary N) is 3. The Bertz CT molecular complexity index is 408. The van der Waals surface area contributed by atoms with Crippen molar-refractivity contribution >= 4 is 5.91 Å². The van der Waals surface area contributed by atoms with Crippen molar-refractivity contribution in [2.45, 2.75) is 50.7 Å². The summed E-state index contributed by atoms with van der Waals surface area (Å²) in [5.41, 5.74) is 2.13. The Morgan fingerprint density at radius 3 is 3.06 bits per heavy atom. The summed E-state index contributed by atoms with van der Waals surface area (Å²) in [4.78, 5) is 19.4. The lowest BCUT2D eigenvalue weighted by Crippen LogP contribution is -2.50. The van der Waals surface area contributed by atoms with Gasteiger partial charge in [-0.25, -0.2) is 4.98 Å². The normalized spacial score (nSPS) is 24.6. The smallest absolute Gasteiger partial charge is 0.237 e. The molecule has 5 heteroatoms. The highest BCUT2D eigenvalue weighted by Gasteiger charge is 2.27. The van der Waals surface area contributed by atoms with Crippen molar-refractivity contribution in [3.8, 4) is 0 Å².